The van der Waals surface area contributed by atoms with Crippen molar-refractivity contribution in [2.24, 2.45) is 0 Å². The van der Waals surface area contributed by atoms with E-state index < -0.39 is 0 Å². The fraction of sp³-hybridized carbons (Fsp3) is 1.00. The zero-order valence-electron chi connectivity index (χ0n) is 6.56. The zero-order chi connectivity index (χ0) is 6.69. The molecular weight excluding hydrogens is 126 g/mol. The van der Waals surface area contributed by atoms with Crippen molar-refractivity contribution in [1.29, 1.82) is 0 Å². The molecule has 1 heterocycles. The predicted octanol–water partition coefficient (Wildman–Crippen LogP) is 1.11. The maximum atomic E-state index is 2.62. The minimum absolute atomic E-state index is 0.298. The first-order valence-corrected chi connectivity index (χ1v) is 7.14. The number of nitrogens with zero attached hydrogens (tertiary/aromatic N) is 1. The second-order valence-corrected chi connectivity index (χ2v) is 6.55. The van der Waals surface area contributed by atoms with E-state index in [-0.39, 0.29) is 8.80 Å². The number of likely N-dealkylation sites (tertiary alicyclic amines) is 1. The summed E-state index contributed by atoms with van der Waals surface area (Å²) in [5.74, 6) is 0. The molecule has 0 amide bonds. The third-order valence-corrected chi connectivity index (χ3v) is 3.07. The molecule has 2 heteroatoms. The maximum absolute atomic E-state index is 2.62. The molecule has 0 aromatic carbocycles. The van der Waals surface area contributed by atoms with Crippen LogP contribution in [0, 0.1) is 0 Å². The van der Waals surface area contributed by atoms with E-state index in [0.717, 1.165) is 0 Å². The summed E-state index contributed by atoms with van der Waals surface area (Å²) < 4.78 is 0. The molecule has 1 nitrogen and oxygen atoms in total. The minimum Gasteiger partial charge on any atom is -0.306 e. The molecule has 0 unspecified atom stereocenters. The van der Waals surface area contributed by atoms with Crippen molar-refractivity contribution in [2.75, 3.05) is 19.3 Å². The van der Waals surface area contributed by atoms with E-state index in [0.29, 0.717) is 0 Å². The summed E-state index contributed by atoms with van der Waals surface area (Å²) >= 11 is 0. The van der Waals surface area contributed by atoms with Gasteiger partial charge >= 0.3 is 0 Å². The van der Waals surface area contributed by atoms with Gasteiger partial charge in [0.2, 0.25) is 0 Å². The van der Waals surface area contributed by atoms with E-state index in [1.54, 1.807) is 0 Å². The van der Waals surface area contributed by atoms with Gasteiger partial charge in [-0.1, -0.05) is 13.1 Å². The fourth-order valence-corrected chi connectivity index (χ4v) is 2.88. The van der Waals surface area contributed by atoms with Crippen molar-refractivity contribution < 1.29 is 0 Å². The SMILES string of the molecule is C[SiH](C)CN1CCCC1. The van der Waals surface area contributed by atoms with E-state index in [1.807, 2.05) is 0 Å². The second-order valence-electron chi connectivity index (χ2n) is 3.40. The van der Waals surface area contributed by atoms with Gasteiger partial charge in [0.05, 0.1) is 0 Å². The second kappa shape index (κ2) is 3.37. The van der Waals surface area contributed by atoms with Gasteiger partial charge < -0.3 is 4.90 Å². The van der Waals surface area contributed by atoms with Gasteiger partial charge in [-0.15, -0.1) is 0 Å². The molecule has 1 aliphatic rings. The lowest BCUT2D eigenvalue weighted by Gasteiger charge is -2.15. The average Bonchev–Trinajstić information content (AvgIpc) is 2.15. The predicted molar refractivity (Wildman–Crippen MR) is 44.6 cm³/mol. The standard InChI is InChI=1S/C7H17NSi/c1-9(2)7-8-5-3-4-6-8/h9H,3-7H2,1-2H3. The van der Waals surface area contributed by atoms with Crippen molar-refractivity contribution in [3.8, 4) is 0 Å². The summed E-state index contributed by atoms with van der Waals surface area (Å²) in [7, 11) is -0.298. The van der Waals surface area contributed by atoms with Gasteiger partial charge in [0.25, 0.3) is 0 Å². The number of hydrogen-bond donors (Lipinski definition) is 0. The quantitative estimate of drug-likeness (QED) is 0.523. The molecule has 0 radical (unpaired) electrons. The van der Waals surface area contributed by atoms with Gasteiger partial charge in [0.1, 0.15) is 0 Å². The molecule has 0 saturated carbocycles. The zero-order valence-corrected chi connectivity index (χ0v) is 7.71. The Bertz CT molecular complexity index is 77.0. The third-order valence-electron chi connectivity index (χ3n) is 1.82. The highest BCUT2D eigenvalue weighted by molar-refractivity contribution is 6.55. The van der Waals surface area contributed by atoms with Crippen LogP contribution in [0.4, 0.5) is 0 Å². The molecule has 0 aromatic heterocycles. The number of hydrogen-bond acceptors (Lipinski definition) is 1. The van der Waals surface area contributed by atoms with Crippen molar-refractivity contribution in [2.45, 2.75) is 25.9 Å². The lowest BCUT2D eigenvalue weighted by molar-refractivity contribution is 0.392. The highest BCUT2D eigenvalue weighted by atomic mass is 28.3. The van der Waals surface area contributed by atoms with Crippen LogP contribution in [0.2, 0.25) is 13.1 Å². The molecule has 0 atom stereocenters. The summed E-state index contributed by atoms with van der Waals surface area (Å²) in [5.41, 5.74) is 0. The van der Waals surface area contributed by atoms with Crippen molar-refractivity contribution in [3.05, 3.63) is 0 Å². The van der Waals surface area contributed by atoms with Crippen LogP contribution >= 0.6 is 0 Å². The molecular formula is C7H17NSi. The Balaban J connectivity index is 2.11. The van der Waals surface area contributed by atoms with Crippen LogP contribution < -0.4 is 0 Å². The van der Waals surface area contributed by atoms with Crippen LogP contribution in [-0.2, 0) is 0 Å². The van der Waals surface area contributed by atoms with Gasteiger partial charge in [0.15, 0.2) is 0 Å². The first-order chi connectivity index (χ1) is 4.29. The molecule has 0 bridgehead atoms. The van der Waals surface area contributed by atoms with Crippen LogP contribution in [0.3, 0.4) is 0 Å². The molecule has 1 saturated heterocycles. The monoisotopic (exact) mass is 143 g/mol. The molecule has 1 fully saturated rings. The summed E-state index contributed by atoms with van der Waals surface area (Å²) in [6.45, 7) is 7.62. The average molecular weight is 143 g/mol. The minimum atomic E-state index is -0.298. The van der Waals surface area contributed by atoms with E-state index in [1.165, 1.54) is 32.1 Å². The molecule has 1 aliphatic heterocycles. The summed E-state index contributed by atoms with van der Waals surface area (Å²) in [6, 6.07) is 0. The van der Waals surface area contributed by atoms with Crippen molar-refractivity contribution in [1.82, 2.24) is 4.90 Å². The first kappa shape index (κ1) is 7.29. The van der Waals surface area contributed by atoms with Gasteiger partial charge in [-0.25, -0.2) is 0 Å². The molecule has 54 valence electrons. The lowest BCUT2D eigenvalue weighted by atomic mass is 10.4. The highest BCUT2D eigenvalue weighted by Gasteiger charge is 2.11. The first-order valence-electron chi connectivity index (χ1n) is 4.01. The molecule has 0 aromatic rings. The smallest absolute Gasteiger partial charge is 0.0469 e. The van der Waals surface area contributed by atoms with Gasteiger partial charge in [-0.3, -0.25) is 0 Å². The Morgan fingerprint density at radius 1 is 1.22 bits per heavy atom. The molecule has 0 aliphatic carbocycles. The van der Waals surface area contributed by atoms with Crippen molar-refractivity contribution in [3.63, 3.8) is 0 Å². The Morgan fingerprint density at radius 2 is 1.78 bits per heavy atom. The summed E-state index contributed by atoms with van der Waals surface area (Å²) in [6.07, 6.45) is 4.34. The third kappa shape index (κ3) is 2.50. The molecule has 0 spiro atoms. The van der Waals surface area contributed by atoms with Crippen LogP contribution in [0.25, 0.3) is 0 Å². The van der Waals surface area contributed by atoms with E-state index in [9.17, 15) is 0 Å². The van der Waals surface area contributed by atoms with Gasteiger partial charge in [0, 0.05) is 8.80 Å². The maximum Gasteiger partial charge on any atom is 0.0469 e. The lowest BCUT2D eigenvalue weighted by Crippen LogP contribution is -2.28. The summed E-state index contributed by atoms with van der Waals surface area (Å²) in [4.78, 5) is 2.62. The van der Waals surface area contributed by atoms with Crippen LogP contribution in [0.1, 0.15) is 12.8 Å². The van der Waals surface area contributed by atoms with Crippen LogP contribution in [-0.4, -0.2) is 33.0 Å². The Morgan fingerprint density at radius 3 is 2.22 bits per heavy atom. The van der Waals surface area contributed by atoms with Crippen LogP contribution in [0.5, 0.6) is 0 Å². The summed E-state index contributed by atoms with van der Waals surface area (Å²) in [5, 5.41) is 0. The van der Waals surface area contributed by atoms with E-state index in [4.69, 9.17) is 0 Å². The van der Waals surface area contributed by atoms with Gasteiger partial charge in [-0.2, -0.15) is 0 Å². The van der Waals surface area contributed by atoms with E-state index >= 15 is 0 Å². The molecule has 0 N–H and O–H groups in total. The topological polar surface area (TPSA) is 3.24 Å². The largest absolute Gasteiger partial charge is 0.306 e. The molecule has 1 rings (SSSR count). The highest BCUT2D eigenvalue weighted by Crippen LogP contribution is 2.06. The Kier molecular flexibility index (Phi) is 2.73. The number of rotatable bonds is 2. The Hall–Kier alpha value is 0.177. The van der Waals surface area contributed by atoms with E-state index in [2.05, 4.69) is 18.0 Å². The fourth-order valence-electron chi connectivity index (χ4n) is 1.48. The van der Waals surface area contributed by atoms with Gasteiger partial charge in [-0.05, 0) is 32.1 Å². The normalized spacial score (nSPS) is 21.7. The Labute approximate surface area is 59.7 Å². The molecule has 9 heavy (non-hydrogen) atoms. The van der Waals surface area contributed by atoms with Crippen LogP contribution in [0.15, 0.2) is 0 Å². The van der Waals surface area contributed by atoms with Crippen molar-refractivity contribution >= 4 is 8.80 Å².